The van der Waals surface area contributed by atoms with Gasteiger partial charge in [-0.3, -0.25) is 0 Å². The second-order valence-corrected chi connectivity index (χ2v) is 3.19. The highest BCUT2D eigenvalue weighted by Crippen LogP contribution is 2.32. The average molecular weight is 207 g/mol. The zero-order valence-corrected chi connectivity index (χ0v) is 8.21. The molecule has 15 heavy (non-hydrogen) atoms. The lowest BCUT2D eigenvalue weighted by Gasteiger charge is -2.11. The normalized spacial score (nSPS) is 18.3. The zero-order valence-electron chi connectivity index (χ0n) is 8.21. The van der Waals surface area contributed by atoms with Crippen molar-refractivity contribution in [3.63, 3.8) is 0 Å². The number of fused-ring (bicyclic) bond motifs is 1. The van der Waals surface area contributed by atoms with E-state index in [1.165, 1.54) is 12.1 Å². The molecule has 1 aliphatic heterocycles. The van der Waals surface area contributed by atoms with Crippen LogP contribution in [-0.2, 0) is 9.53 Å². The van der Waals surface area contributed by atoms with Gasteiger partial charge < -0.3 is 10.1 Å². The van der Waals surface area contributed by atoms with E-state index < -0.39 is 6.23 Å². The molecule has 0 amide bonds. The Morgan fingerprint density at radius 3 is 3.07 bits per heavy atom. The van der Waals surface area contributed by atoms with Gasteiger partial charge in [0, 0.05) is 17.7 Å². The molecule has 0 fully saturated rings. The highest BCUT2D eigenvalue weighted by atomic mass is 19.1. The fourth-order valence-corrected chi connectivity index (χ4v) is 1.65. The van der Waals surface area contributed by atoms with E-state index in [1.54, 1.807) is 12.0 Å². The Hall–Kier alpha value is -1.64. The van der Waals surface area contributed by atoms with Crippen LogP contribution in [0.5, 0.6) is 0 Å². The molecule has 1 N–H and O–H groups in total. The molecule has 3 nitrogen and oxygen atoms in total. The van der Waals surface area contributed by atoms with Gasteiger partial charge in [0.15, 0.2) is 12.2 Å². The van der Waals surface area contributed by atoms with E-state index >= 15 is 0 Å². The monoisotopic (exact) mass is 207 g/mol. The molecule has 2 rings (SSSR count). The van der Waals surface area contributed by atoms with Gasteiger partial charge in [-0.15, -0.1) is 0 Å². The maximum atomic E-state index is 13.0. The SMILES string of the molecule is CCOC1NC(=C=O)c2ccc(F)cc21. The second kappa shape index (κ2) is 3.85. The second-order valence-electron chi connectivity index (χ2n) is 3.19. The quantitative estimate of drug-likeness (QED) is 0.749. The molecule has 0 bridgehead atoms. The summed E-state index contributed by atoms with van der Waals surface area (Å²) in [6.45, 7) is 2.32. The van der Waals surface area contributed by atoms with Crippen molar-refractivity contribution < 1.29 is 13.9 Å². The van der Waals surface area contributed by atoms with Gasteiger partial charge in [0.2, 0.25) is 0 Å². The minimum Gasteiger partial charge on any atom is -0.354 e. The lowest BCUT2D eigenvalue weighted by Crippen LogP contribution is -2.15. The van der Waals surface area contributed by atoms with E-state index in [-0.39, 0.29) is 5.82 Å². The molecule has 0 saturated heterocycles. The van der Waals surface area contributed by atoms with Crippen molar-refractivity contribution in [2.24, 2.45) is 0 Å². The van der Waals surface area contributed by atoms with Gasteiger partial charge in [0.25, 0.3) is 0 Å². The first kappa shape index (κ1) is 9.90. The Bertz CT molecular complexity index is 438. The highest BCUT2D eigenvalue weighted by molar-refractivity contribution is 5.89. The molecular formula is C11H10FNO2. The van der Waals surface area contributed by atoms with Crippen LogP contribution in [0.2, 0.25) is 0 Å². The molecule has 1 atom stereocenters. The molecule has 0 aromatic heterocycles. The predicted molar refractivity (Wildman–Crippen MR) is 53.0 cm³/mol. The van der Waals surface area contributed by atoms with Gasteiger partial charge >= 0.3 is 0 Å². The molecule has 78 valence electrons. The summed E-state index contributed by atoms with van der Waals surface area (Å²) in [5.74, 6) is 1.44. The van der Waals surface area contributed by atoms with Crippen LogP contribution < -0.4 is 5.32 Å². The molecular weight excluding hydrogens is 197 g/mol. The third-order valence-corrected chi connectivity index (χ3v) is 2.28. The Labute approximate surface area is 86.6 Å². The largest absolute Gasteiger partial charge is 0.354 e. The predicted octanol–water partition coefficient (Wildman–Crippen LogP) is 1.64. The van der Waals surface area contributed by atoms with E-state index in [0.717, 1.165) is 0 Å². The molecule has 1 unspecified atom stereocenters. The molecule has 0 radical (unpaired) electrons. The van der Waals surface area contributed by atoms with Gasteiger partial charge in [0.1, 0.15) is 11.5 Å². The Morgan fingerprint density at radius 2 is 2.40 bits per heavy atom. The molecule has 1 aliphatic rings. The minimum absolute atomic E-state index is 0.323. The average Bonchev–Trinajstić information content (AvgIpc) is 2.57. The van der Waals surface area contributed by atoms with Crippen molar-refractivity contribution in [2.75, 3.05) is 6.61 Å². The molecule has 1 aromatic carbocycles. The van der Waals surface area contributed by atoms with Crippen molar-refractivity contribution >= 4 is 11.6 Å². The van der Waals surface area contributed by atoms with E-state index in [4.69, 9.17) is 4.74 Å². The number of halogens is 1. The topological polar surface area (TPSA) is 38.3 Å². The van der Waals surface area contributed by atoms with Crippen molar-refractivity contribution in [3.8, 4) is 0 Å². The van der Waals surface area contributed by atoms with Gasteiger partial charge in [-0.05, 0) is 25.1 Å². The highest BCUT2D eigenvalue weighted by Gasteiger charge is 2.27. The summed E-state index contributed by atoms with van der Waals surface area (Å²) < 4.78 is 18.4. The standard InChI is InChI=1S/C11H10FNO2/c1-2-15-11-9-5-7(12)3-4-8(9)10(6-14)13-11/h3-5,11,13H,2H2,1H3. The molecule has 4 heteroatoms. The summed E-state index contributed by atoms with van der Waals surface area (Å²) in [7, 11) is 0. The van der Waals surface area contributed by atoms with Crippen molar-refractivity contribution in [2.45, 2.75) is 13.2 Å². The van der Waals surface area contributed by atoms with Crippen molar-refractivity contribution in [1.29, 1.82) is 0 Å². The van der Waals surface area contributed by atoms with Crippen LogP contribution in [0.4, 0.5) is 4.39 Å². The fraction of sp³-hybridized carbons (Fsp3) is 0.273. The van der Waals surface area contributed by atoms with Gasteiger partial charge in [-0.25, -0.2) is 9.18 Å². The lowest BCUT2D eigenvalue weighted by molar-refractivity contribution is 0.0544. The van der Waals surface area contributed by atoms with E-state index in [1.807, 2.05) is 6.92 Å². The number of ether oxygens (including phenoxy) is 1. The number of nitrogens with one attached hydrogen (secondary N) is 1. The van der Waals surface area contributed by atoms with Crippen LogP contribution in [0.25, 0.3) is 5.70 Å². The molecule has 0 aliphatic carbocycles. The fourth-order valence-electron chi connectivity index (χ4n) is 1.65. The molecule has 0 spiro atoms. The summed E-state index contributed by atoms with van der Waals surface area (Å²) in [6, 6.07) is 4.23. The zero-order chi connectivity index (χ0) is 10.8. The van der Waals surface area contributed by atoms with Crippen LogP contribution in [0.1, 0.15) is 24.3 Å². The van der Waals surface area contributed by atoms with Crippen LogP contribution in [-0.4, -0.2) is 12.5 Å². The third kappa shape index (κ3) is 1.65. The van der Waals surface area contributed by atoms with Crippen LogP contribution >= 0.6 is 0 Å². The summed E-state index contributed by atoms with van der Waals surface area (Å²) in [4.78, 5) is 10.6. The number of rotatable bonds is 2. The van der Waals surface area contributed by atoms with E-state index in [0.29, 0.717) is 23.4 Å². The first-order valence-electron chi connectivity index (χ1n) is 4.69. The first-order chi connectivity index (χ1) is 7.26. The van der Waals surface area contributed by atoms with E-state index in [2.05, 4.69) is 5.32 Å². The van der Waals surface area contributed by atoms with Crippen molar-refractivity contribution in [1.82, 2.24) is 5.32 Å². The summed E-state index contributed by atoms with van der Waals surface area (Å²) >= 11 is 0. The number of hydrogen-bond acceptors (Lipinski definition) is 3. The van der Waals surface area contributed by atoms with Gasteiger partial charge in [-0.2, -0.15) is 0 Å². The summed E-state index contributed by atoms with van der Waals surface area (Å²) in [5, 5.41) is 2.84. The van der Waals surface area contributed by atoms with E-state index in [9.17, 15) is 9.18 Å². The molecule has 1 heterocycles. The number of benzene rings is 1. The Kier molecular flexibility index (Phi) is 2.54. The Morgan fingerprint density at radius 1 is 1.60 bits per heavy atom. The number of carbonyl (C=O) groups excluding carboxylic acids is 1. The minimum atomic E-state index is -0.447. The van der Waals surface area contributed by atoms with Gasteiger partial charge in [-0.1, -0.05) is 0 Å². The van der Waals surface area contributed by atoms with Crippen LogP contribution in [0, 0.1) is 5.82 Å². The smallest absolute Gasteiger partial charge is 0.155 e. The van der Waals surface area contributed by atoms with Crippen LogP contribution in [0.3, 0.4) is 0 Å². The lowest BCUT2D eigenvalue weighted by atomic mass is 10.1. The first-order valence-corrected chi connectivity index (χ1v) is 4.69. The summed E-state index contributed by atoms with van der Waals surface area (Å²) in [6.07, 6.45) is -0.447. The van der Waals surface area contributed by atoms with Crippen molar-refractivity contribution in [3.05, 3.63) is 35.1 Å². The number of hydrogen-bond donors (Lipinski definition) is 1. The Balaban J connectivity index is 2.48. The maximum Gasteiger partial charge on any atom is 0.155 e. The summed E-state index contributed by atoms with van der Waals surface area (Å²) in [5.41, 5.74) is 1.63. The van der Waals surface area contributed by atoms with Gasteiger partial charge in [0.05, 0.1) is 0 Å². The molecule has 0 saturated carbocycles. The maximum absolute atomic E-state index is 13.0. The van der Waals surface area contributed by atoms with Crippen LogP contribution in [0.15, 0.2) is 18.2 Å². The molecule has 1 aromatic rings. The third-order valence-electron chi connectivity index (χ3n) is 2.28.